The summed E-state index contributed by atoms with van der Waals surface area (Å²) in [6.07, 6.45) is 2.43. The van der Waals surface area contributed by atoms with Crippen LogP contribution < -0.4 is 10.6 Å². The second kappa shape index (κ2) is 18.3. The number of likely N-dealkylation sites (tertiary alicyclic amines) is 2. The first-order valence-electron chi connectivity index (χ1n) is 22.6. The molecule has 0 unspecified atom stereocenters. The van der Waals surface area contributed by atoms with Crippen molar-refractivity contribution in [3.05, 3.63) is 71.3 Å². The molecule has 5 atom stereocenters. The summed E-state index contributed by atoms with van der Waals surface area (Å²) in [6, 6.07) is 13.2. The molecule has 0 bridgehead atoms. The third-order valence-corrected chi connectivity index (χ3v) is 13.9. The van der Waals surface area contributed by atoms with Gasteiger partial charge in [0.1, 0.15) is 23.7 Å². The normalized spacial score (nSPS) is 22.4. The van der Waals surface area contributed by atoms with Crippen LogP contribution >= 0.6 is 0 Å². The third-order valence-electron chi connectivity index (χ3n) is 13.9. The number of hydrogen-bond acceptors (Lipinski definition) is 9. The van der Waals surface area contributed by atoms with E-state index in [-0.39, 0.29) is 55.5 Å². The molecule has 342 valence electrons. The molecule has 17 heteroatoms. The Bertz CT molecular complexity index is 2670. The summed E-state index contributed by atoms with van der Waals surface area (Å²) in [5.41, 5.74) is 4.72. The summed E-state index contributed by atoms with van der Waals surface area (Å²) in [5, 5.41) is 7.43. The lowest BCUT2D eigenvalue weighted by molar-refractivity contribution is -0.139. The smallest absolute Gasteiger partial charge is 0.407 e. The van der Waals surface area contributed by atoms with E-state index in [4.69, 9.17) is 24.2 Å². The zero-order valence-corrected chi connectivity index (χ0v) is 36.8. The van der Waals surface area contributed by atoms with Crippen LogP contribution in [0.25, 0.3) is 32.8 Å². The number of alkyl halides is 2. The molecule has 4 fully saturated rings. The molecule has 65 heavy (non-hydrogen) atoms. The summed E-state index contributed by atoms with van der Waals surface area (Å²) in [6.45, 7) is 3.59. The van der Waals surface area contributed by atoms with Crippen LogP contribution in [0, 0.1) is 23.7 Å². The van der Waals surface area contributed by atoms with Gasteiger partial charge < -0.3 is 44.6 Å². The van der Waals surface area contributed by atoms with Crippen LogP contribution in [0.15, 0.2) is 48.5 Å². The van der Waals surface area contributed by atoms with Gasteiger partial charge in [-0.2, -0.15) is 0 Å². The van der Waals surface area contributed by atoms with Gasteiger partial charge in [0.05, 0.1) is 48.4 Å². The van der Waals surface area contributed by atoms with Crippen LogP contribution in [0.2, 0.25) is 0 Å². The predicted octanol–water partition coefficient (Wildman–Crippen LogP) is 7.41. The number of benzene rings is 3. The number of aromatic nitrogens is 4. The van der Waals surface area contributed by atoms with Crippen LogP contribution in [-0.4, -0.2) is 112 Å². The summed E-state index contributed by atoms with van der Waals surface area (Å²) in [7, 11) is 2.51. The van der Waals surface area contributed by atoms with Crippen molar-refractivity contribution in [2.45, 2.75) is 107 Å². The van der Waals surface area contributed by atoms with E-state index in [1.165, 1.54) is 14.2 Å². The molecule has 1 aliphatic carbocycles. The lowest BCUT2D eigenvalue weighted by Gasteiger charge is -2.37. The molecule has 3 saturated heterocycles. The van der Waals surface area contributed by atoms with E-state index in [0.717, 1.165) is 51.3 Å². The van der Waals surface area contributed by atoms with E-state index in [9.17, 15) is 28.0 Å². The van der Waals surface area contributed by atoms with Crippen LogP contribution in [0.1, 0.15) is 106 Å². The minimum atomic E-state index is -2.78. The van der Waals surface area contributed by atoms with E-state index in [2.05, 4.69) is 32.4 Å². The number of amides is 4. The lowest BCUT2D eigenvalue weighted by atomic mass is 9.81. The molecule has 4 aliphatic rings. The molecule has 3 aromatic carbocycles. The first-order chi connectivity index (χ1) is 31.4. The lowest BCUT2D eigenvalue weighted by Crippen LogP contribution is -2.54. The predicted molar refractivity (Wildman–Crippen MR) is 237 cm³/mol. The number of halogens is 2. The highest BCUT2D eigenvalue weighted by Gasteiger charge is 2.46. The van der Waals surface area contributed by atoms with Crippen LogP contribution in [0.3, 0.4) is 0 Å². The van der Waals surface area contributed by atoms with Crippen LogP contribution in [-0.2, 0) is 23.8 Å². The molecule has 4 amide bonds. The molecule has 1 saturated carbocycles. The Balaban J connectivity index is 0.916. The van der Waals surface area contributed by atoms with Gasteiger partial charge in [0, 0.05) is 55.2 Å². The molecular weight excluding hydrogens is 839 g/mol. The Hall–Kier alpha value is -6.28. The number of carbonyl (C=O) groups excluding carboxylic acids is 4. The average Bonchev–Trinajstić information content (AvgIpc) is 4.14. The number of hydrogen-bond donors (Lipinski definition) is 4. The number of carbonyl (C=O) groups is 4. The Labute approximate surface area is 374 Å². The van der Waals surface area contributed by atoms with E-state index in [0.29, 0.717) is 62.6 Å². The quantitative estimate of drug-likeness (QED) is 0.115. The van der Waals surface area contributed by atoms with Gasteiger partial charge in [-0.05, 0) is 112 Å². The van der Waals surface area contributed by atoms with E-state index < -0.39 is 42.2 Å². The van der Waals surface area contributed by atoms with Gasteiger partial charge >= 0.3 is 12.2 Å². The highest BCUT2D eigenvalue weighted by Crippen LogP contribution is 2.41. The molecular formula is C48H54F2N8O7. The number of H-pyrrole nitrogens is 2. The van der Waals surface area contributed by atoms with E-state index >= 15 is 0 Å². The fourth-order valence-electron chi connectivity index (χ4n) is 10.3. The molecule has 3 aliphatic heterocycles. The number of nitrogens with one attached hydrogen (secondary N) is 4. The number of aromatic amines is 2. The van der Waals surface area contributed by atoms with Gasteiger partial charge in [0.15, 0.2) is 0 Å². The maximum absolute atomic E-state index is 14.3. The minimum Gasteiger partial charge on any atom is -0.453 e. The van der Waals surface area contributed by atoms with Crippen LogP contribution in [0.4, 0.5) is 18.4 Å². The number of rotatable bonds is 8. The second-order valence-electron chi connectivity index (χ2n) is 17.9. The summed E-state index contributed by atoms with van der Waals surface area (Å²) in [5.74, 6) is 4.17. The standard InChI is InChI=1S/C48H54F2N8O7/c1-27-6-15-38(58(27)45(60)40(56-47(62)64-3)30-16-20-48(49,50)21-17-30)43-51-34-13-10-29(26-36(34)53-43)8-7-28-9-12-33-32(25-28)11-14-35-41(33)54-42(52-35)37-5-4-22-57(37)44(59)39(55-46(61)63-2)31-18-23-65-24-19-31/h9-14,25-27,30-31,37-40H,4-6,15-24H2,1-3H3,(H,51,53)(H,52,54)(H,55,61)(H,56,62)/t27-,37-,38-,39-,40-/m0/s1. The Morgan fingerprint density at radius 3 is 2.12 bits per heavy atom. The maximum atomic E-state index is 14.3. The van der Waals surface area contributed by atoms with Gasteiger partial charge in [-0.3, -0.25) is 9.59 Å². The van der Waals surface area contributed by atoms with Gasteiger partial charge in [-0.15, -0.1) is 0 Å². The van der Waals surface area contributed by atoms with Crippen molar-refractivity contribution in [2.24, 2.45) is 11.8 Å². The Kier molecular flexibility index (Phi) is 12.4. The van der Waals surface area contributed by atoms with Crippen LogP contribution in [0.5, 0.6) is 0 Å². The maximum Gasteiger partial charge on any atom is 0.407 e. The highest BCUT2D eigenvalue weighted by molar-refractivity contribution is 6.04. The number of fused-ring (bicyclic) bond motifs is 4. The van der Waals surface area contributed by atoms with Gasteiger partial charge in [0.2, 0.25) is 17.7 Å². The number of methoxy groups -OCH3 is 2. The molecule has 2 aromatic heterocycles. The minimum absolute atomic E-state index is 0.0545. The zero-order chi connectivity index (χ0) is 45.4. The topological polar surface area (TPSA) is 184 Å². The number of ether oxygens (including phenoxy) is 3. The van der Waals surface area contributed by atoms with Crippen molar-refractivity contribution in [1.29, 1.82) is 0 Å². The molecule has 9 rings (SSSR count). The summed E-state index contributed by atoms with van der Waals surface area (Å²) < 4.78 is 43.4. The SMILES string of the molecule is COC(=O)N[C@H](C(=O)N1CCC[C@H]1c1nc2ccc3cc(C#Cc4ccc5nc([C@@H]6CC[C@H](C)N6C(=O)[C@@H](NC(=O)OC)C6CCC(F)(F)CC6)[nH]c5c4)ccc3c2[nH]1)C1CCOCC1. The van der Waals surface area contributed by atoms with Gasteiger partial charge in [0.25, 0.3) is 0 Å². The molecule has 4 N–H and O–H groups in total. The first kappa shape index (κ1) is 43.9. The van der Waals surface area contributed by atoms with Crippen molar-refractivity contribution in [2.75, 3.05) is 34.0 Å². The van der Waals surface area contributed by atoms with E-state index in [1.807, 2.05) is 60.4 Å². The van der Waals surface area contributed by atoms with E-state index in [1.54, 1.807) is 4.90 Å². The zero-order valence-electron chi connectivity index (χ0n) is 36.8. The average molecular weight is 893 g/mol. The number of nitrogens with zero attached hydrogens (tertiary/aromatic N) is 4. The molecule has 0 radical (unpaired) electrons. The molecule has 5 heterocycles. The van der Waals surface area contributed by atoms with Crippen molar-refractivity contribution < 1.29 is 42.2 Å². The third kappa shape index (κ3) is 9.05. The number of imidazole rings is 2. The van der Waals surface area contributed by atoms with Crippen molar-refractivity contribution in [3.8, 4) is 11.8 Å². The van der Waals surface area contributed by atoms with Crippen molar-refractivity contribution >= 4 is 56.8 Å². The fraction of sp³-hybridized carbons (Fsp3) is 0.500. The Morgan fingerprint density at radius 1 is 0.769 bits per heavy atom. The van der Waals surface area contributed by atoms with Gasteiger partial charge in [-0.25, -0.2) is 28.3 Å². The molecule has 5 aromatic rings. The number of alkyl carbamates (subject to hydrolysis) is 2. The van der Waals surface area contributed by atoms with Crippen molar-refractivity contribution in [3.63, 3.8) is 0 Å². The monoisotopic (exact) mass is 892 g/mol. The van der Waals surface area contributed by atoms with Gasteiger partial charge in [-0.1, -0.05) is 24.0 Å². The first-order valence-corrected chi connectivity index (χ1v) is 22.6. The Morgan fingerprint density at radius 2 is 1.40 bits per heavy atom. The summed E-state index contributed by atoms with van der Waals surface area (Å²) >= 11 is 0. The second-order valence-corrected chi connectivity index (χ2v) is 17.9. The molecule has 15 nitrogen and oxygen atoms in total. The highest BCUT2D eigenvalue weighted by atomic mass is 19.3. The fourth-order valence-corrected chi connectivity index (χ4v) is 10.3. The summed E-state index contributed by atoms with van der Waals surface area (Å²) in [4.78, 5) is 73.4. The largest absolute Gasteiger partial charge is 0.453 e. The molecule has 0 spiro atoms. The van der Waals surface area contributed by atoms with Crippen molar-refractivity contribution in [1.82, 2.24) is 40.4 Å².